The van der Waals surface area contributed by atoms with E-state index < -0.39 is 0 Å². The molecule has 1 fully saturated rings. The fourth-order valence-electron chi connectivity index (χ4n) is 3.76. The molecule has 3 aromatic rings. The fourth-order valence-corrected chi connectivity index (χ4v) is 3.76. The van der Waals surface area contributed by atoms with Gasteiger partial charge in [0.2, 0.25) is 0 Å². The first kappa shape index (κ1) is 16.9. The number of hydrogen-bond donors (Lipinski definition) is 1. The third-order valence-electron chi connectivity index (χ3n) is 5.23. The van der Waals surface area contributed by atoms with E-state index in [1.54, 1.807) is 19.1 Å². The van der Waals surface area contributed by atoms with Crippen LogP contribution in [0.3, 0.4) is 0 Å². The van der Waals surface area contributed by atoms with Crippen LogP contribution in [0.2, 0.25) is 0 Å². The van der Waals surface area contributed by atoms with Crippen molar-refractivity contribution in [3.05, 3.63) is 63.8 Å². The van der Waals surface area contributed by atoms with Crippen molar-refractivity contribution in [2.24, 2.45) is 0 Å². The van der Waals surface area contributed by atoms with Crippen LogP contribution in [0.1, 0.15) is 30.4 Å². The molecule has 0 aliphatic carbocycles. The lowest BCUT2D eigenvalue weighted by atomic mass is 10.0. The van der Waals surface area contributed by atoms with Crippen molar-refractivity contribution in [3.63, 3.8) is 0 Å². The van der Waals surface area contributed by atoms with Crippen LogP contribution in [0, 0.1) is 6.92 Å². The highest BCUT2D eigenvalue weighted by atomic mass is 16.3. The summed E-state index contributed by atoms with van der Waals surface area (Å²) in [6, 6.07) is 12.9. The molecular formula is C22H23NO3. The molecule has 1 N–H and O–H groups in total. The number of aromatic hydroxyl groups is 1. The average molecular weight is 349 g/mol. The first-order valence-corrected chi connectivity index (χ1v) is 9.21. The van der Waals surface area contributed by atoms with E-state index in [9.17, 15) is 9.90 Å². The Hall–Kier alpha value is -2.59. The number of nitrogens with zero attached hydrogens (tertiary/aromatic N) is 1. The Morgan fingerprint density at radius 3 is 2.50 bits per heavy atom. The average Bonchev–Trinajstić information content (AvgIpc) is 2.68. The molecular weight excluding hydrogens is 326 g/mol. The molecule has 0 amide bonds. The molecule has 1 aliphatic heterocycles. The van der Waals surface area contributed by atoms with Gasteiger partial charge in [-0.1, -0.05) is 36.8 Å². The van der Waals surface area contributed by atoms with E-state index >= 15 is 0 Å². The van der Waals surface area contributed by atoms with Crippen LogP contribution in [0.15, 0.2) is 51.7 Å². The summed E-state index contributed by atoms with van der Waals surface area (Å²) in [5, 5.41) is 11.0. The van der Waals surface area contributed by atoms with E-state index in [-0.39, 0.29) is 11.2 Å². The molecule has 1 saturated heterocycles. The highest BCUT2D eigenvalue weighted by Gasteiger charge is 2.20. The molecule has 4 heteroatoms. The van der Waals surface area contributed by atoms with E-state index in [1.165, 1.54) is 19.3 Å². The molecule has 134 valence electrons. The topological polar surface area (TPSA) is 53.7 Å². The molecule has 0 radical (unpaired) electrons. The van der Waals surface area contributed by atoms with Gasteiger partial charge in [0.25, 0.3) is 0 Å². The number of phenols is 1. The largest absolute Gasteiger partial charge is 0.507 e. The van der Waals surface area contributed by atoms with E-state index in [2.05, 4.69) is 4.90 Å². The Labute approximate surface area is 152 Å². The zero-order valence-corrected chi connectivity index (χ0v) is 15.0. The van der Waals surface area contributed by atoms with Crippen molar-refractivity contribution >= 4 is 11.0 Å². The highest BCUT2D eigenvalue weighted by Crippen LogP contribution is 2.32. The predicted octanol–water partition coefficient (Wildman–Crippen LogP) is 4.46. The van der Waals surface area contributed by atoms with Gasteiger partial charge < -0.3 is 9.52 Å². The Morgan fingerprint density at radius 1 is 1.04 bits per heavy atom. The van der Waals surface area contributed by atoms with Gasteiger partial charge in [-0.05, 0) is 45.0 Å². The van der Waals surface area contributed by atoms with Crippen molar-refractivity contribution in [1.82, 2.24) is 4.90 Å². The van der Waals surface area contributed by atoms with Gasteiger partial charge in [0.15, 0.2) is 5.43 Å². The van der Waals surface area contributed by atoms with Crippen LogP contribution in [0.4, 0.5) is 0 Å². The molecule has 4 nitrogen and oxygen atoms in total. The molecule has 1 aliphatic rings. The van der Waals surface area contributed by atoms with Crippen LogP contribution in [0.5, 0.6) is 5.75 Å². The maximum atomic E-state index is 12.9. The first-order chi connectivity index (χ1) is 12.6. The van der Waals surface area contributed by atoms with Crippen molar-refractivity contribution < 1.29 is 9.52 Å². The SMILES string of the molecule is Cc1c(-c2ccccc2)oc2c(CN3CCCCC3)c(O)ccc2c1=O. The smallest absolute Gasteiger partial charge is 0.196 e. The summed E-state index contributed by atoms with van der Waals surface area (Å²) in [7, 11) is 0. The molecule has 2 heterocycles. The molecule has 1 aromatic heterocycles. The third-order valence-corrected chi connectivity index (χ3v) is 5.23. The number of rotatable bonds is 3. The summed E-state index contributed by atoms with van der Waals surface area (Å²) in [5.41, 5.74) is 2.64. The molecule has 0 saturated carbocycles. The number of hydrogen-bond acceptors (Lipinski definition) is 4. The van der Waals surface area contributed by atoms with E-state index in [1.807, 2.05) is 30.3 Å². The predicted molar refractivity (Wildman–Crippen MR) is 103 cm³/mol. The molecule has 0 spiro atoms. The Balaban J connectivity index is 1.90. The maximum absolute atomic E-state index is 12.9. The minimum atomic E-state index is -0.0370. The maximum Gasteiger partial charge on any atom is 0.196 e. The van der Waals surface area contributed by atoms with Gasteiger partial charge in [-0.3, -0.25) is 9.69 Å². The second-order valence-electron chi connectivity index (χ2n) is 7.03. The zero-order chi connectivity index (χ0) is 18.1. The van der Waals surface area contributed by atoms with Gasteiger partial charge in [-0.15, -0.1) is 0 Å². The Kier molecular flexibility index (Phi) is 4.51. The first-order valence-electron chi connectivity index (χ1n) is 9.21. The lowest BCUT2D eigenvalue weighted by Gasteiger charge is -2.27. The van der Waals surface area contributed by atoms with Gasteiger partial charge in [-0.2, -0.15) is 0 Å². The molecule has 0 atom stereocenters. The van der Waals surface area contributed by atoms with Gasteiger partial charge in [0, 0.05) is 17.7 Å². The summed E-state index contributed by atoms with van der Waals surface area (Å²) in [4.78, 5) is 15.2. The van der Waals surface area contributed by atoms with Gasteiger partial charge in [0.05, 0.1) is 10.9 Å². The number of likely N-dealkylation sites (tertiary alicyclic amines) is 1. The Bertz CT molecular complexity index is 986. The minimum Gasteiger partial charge on any atom is -0.507 e. The van der Waals surface area contributed by atoms with Crippen LogP contribution in [-0.4, -0.2) is 23.1 Å². The molecule has 4 rings (SSSR count). The summed E-state index contributed by atoms with van der Waals surface area (Å²) < 4.78 is 6.23. The lowest BCUT2D eigenvalue weighted by Crippen LogP contribution is -2.29. The van der Waals surface area contributed by atoms with E-state index in [0.29, 0.717) is 34.4 Å². The quantitative estimate of drug-likeness (QED) is 0.758. The Morgan fingerprint density at radius 2 is 1.77 bits per heavy atom. The standard InChI is InChI=1S/C22H23NO3/c1-15-20(25)17-10-11-19(24)18(14-23-12-6-3-7-13-23)22(17)26-21(15)16-8-4-2-5-9-16/h2,4-5,8-11,24H,3,6-7,12-14H2,1H3. The lowest BCUT2D eigenvalue weighted by molar-refractivity contribution is 0.218. The fraction of sp³-hybridized carbons (Fsp3) is 0.318. The number of benzene rings is 2. The van der Waals surface area contributed by atoms with Gasteiger partial charge >= 0.3 is 0 Å². The molecule has 26 heavy (non-hydrogen) atoms. The van der Waals surface area contributed by atoms with Crippen molar-refractivity contribution in [2.75, 3.05) is 13.1 Å². The van der Waals surface area contributed by atoms with Crippen LogP contribution < -0.4 is 5.43 Å². The second kappa shape index (κ2) is 6.96. The number of piperidine rings is 1. The third kappa shape index (κ3) is 3.01. The zero-order valence-electron chi connectivity index (χ0n) is 15.0. The van der Waals surface area contributed by atoms with Crippen LogP contribution in [-0.2, 0) is 6.54 Å². The van der Waals surface area contributed by atoms with Crippen molar-refractivity contribution in [2.45, 2.75) is 32.7 Å². The molecule has 0 unspecified atom stereocenters. The summed E-state index contributed by atoms with van der Waals surface area (Å²) in [6.45, 7) is 4.42. The van der Waals surface area contributed by atoms with Crippen molar-refractivity contribution in [1.29, 1.82) is 0 Å². The van der Waals surface area contributed by atoms with Gasteiger partial charge in [0.1, 0.15) is 17.1 Å². The van der Waals surface area contributed by atoms with E-state index in [0.717, 1.165) is 18.7 Å². The number of fused-ring (bicyclic) bond motifs is 1. The summed E-state index contributed by atoms with van der Waals surface area (Å²) in [6.07, 6.45) is 3.60. The van der Waals surface area contributed by atoms with Crippen molar-refractivity contribution in [3.8, 4) is 17.1 Å². The highest BCUT2D eigenvalue weighted by molar-refractivity contribution is 5.84. The van der Waals surface area contributed by atoms with E-state index in [4.69, 9.17) is 4.42 Å². The van der Waals surface area contributed by atoms with Crippen LogP contribution in [0.25, 0.3) is 22.3 Å². The second-order valence-corrected chi connectivity index (χ2v) is 7.03. The number of phenolic OH excluding ortho intramolecular Hbond substituents is 1. The minimum absolute atomic E-state index is 0.0370. The summed E-state index contributed by atoms with van der Waals surface area (Å²) >= 11 is 0. The molecule has 0 bridgehead atoms. The normalized spacial score (nSPS) is 15.4. The molecule has 2 aromatic carbocycles. The summed E-state index contributed by atoms with van der Waals surface area (Å²) in [5.74, 6) is 0.766. The van der Waals surface area contributed by atoms with Crippen LogP contribution >= 0.6 is 0 Å². The monoisotopic (exact) mass is 349 g/mol. The van der Waals surface area contributed by atoms with Gasteiger partial charge in [-0.25, -0.2) is 0 Å².